The lowest BCUT2D eigenvalue weighted by Gasteiger charge is -2.17. The lowest BCUT2D eigenvalue weighted by molar-refractivity contribution is -0.143. The lowest BCUT2D eigenvalue weighted by atomic mass is 9.93. The molecule has 1 aromatic carbocycles. The van der Waals surface area contributed by atoms with Crippen molar-refractivity contribution in [2.24, 2.45) is 0 Å². The van der Waals surface area contributed by atoms with Crippen molar-refractivity contribution in [2.45, 2.75) is 45.1 Å². The summed E-state index contributed by atoms with van der Waals surface area (Å²) in [7, 11) is 0. The number of alkyl halides is 2. The van der Waals surface area contributed by atoms with Crippen molar-refractivity contribution >= 4 is 11.9 Å². The van der Waals surface area contributed by atoms with Crippen LogP contribution in [0.1, 0.15) is 36.8 Å². The highest BCUT2D eigenvalue weighted by Crippen LogP contribution is 2.22. The van der Waals surface area contributed by atoms with Crippen LogP contribution in [-0.4, -0.2) is 29.5 Å². The number of carboxylic acids is 1. The minimum absolute atomic E-state index is 0.0534. The summed E-state index contributed by atoms with van der Waals surface area (Å²) >= 11 is 0. The predicted molar refractivity (Wildman–Crippen MR) is 74.4 cm³/mol. The van der Waals surface area contributed by atoms with Gasteiger partial charge in [0, 0.05) is 12.8 Å². The van der Waals surface area contributed by atoms with Crippen molar-refractivity contribution in [3.05, 3.63) is 35.4 Å². The number of amides is 1. The molecule has 4 nitrogen and oxygen atoms in total. The number of carboxylic acid groups (broad SMARTS) is 1. The predicted octanol–water partition coefficient (Wildman–Crippen LogP) is 2.71. The summed E-state index contributed by atoms with van der Waals surface area (Å²) in [6.45, 7) is 3.76. The van der Waals surface area contributed by atoms with Crippen LogP contribution in [0.5, 0.6) is 0 Å². The Morgan fingerprint density at radius 1 is 1.29 bits per heavy atom. The number of aliphatic carboxylic acids is 1. The van der Waals surface area contributed by atoms with Crippen LogP contribution in [0.25, 0.3) is 0 Å². The van der Waals surface area contributed by atoms with E-state index in [2.05, 4.69) is 5.32 Å². The third-order valence-electron chi connectivity index (χ3n) is 3.26. The molecule has 0 aliphatic heterocycles. The normalized spacial score (nSPS) is 13.8. The van der Waals surface area contributed by atoms with Crippen molar-refractivity contribution in [1.82, 2.24) is 5.32 Å². The molecular weight excluding hydrogens is 280 g/mol. The fourth-order valence-electron chi connectivity index (χ4n) is 2.18. The van der Waals surface area contributed by atoms with E-state index in [1.54, 1.807) is 0 Å². The maximum atomic E-state index is 12.3. The average Bonchev–Trinajstić information content (AvgIpc) is 2.37. The van der Waals surface area contributed by atoms with Gasteiger partial charge < -0.3 is 10.4 Å². The molecule has 0 aliphatic rings. The molecule has 0 heterocycles. The Bertz CT molecular complexity index is 505. The van der Waals surface area contributed by atoms with E-state index in [0.29, 0.717) is 0 Å². The van der Waals surface area contributed by atoms with Gasteiger partial charge in [0.05, 0.1) is 0 Å². The number of benzene rings is 1. The molecule has 21 heavy (non-hydrogen) atoms. The second kappa shape index (κ2) is 7.71. The molecule has 1 amide bonds. The Labute approximate surface area is 122 Å². The SMILES string of the molecule is Cc1ccccc1C(C)CC(=O)NC(CC(F)F)C(=O)O. The molecule has 0 aromatic heterocycles. The van der Waals surface area contributed by atoms with Crippen LogP contribution in [0.2, 0.25) is 0 Å². The zero-order chi connectivity index (χ0) is 16.0. The van der Waals surface area contributed by atoms with Gasteiger partial charge in [0.1, 0.15) is 6.04 Å². The molecule has 1 aromatic rings. The molecule has 1 rings (SSSR count). The van der Waals surface area contributed by atoms with Crippen LogP contribution in [0.4, 0.5) is 8.78 Å². The van der Waals surface area contributed by atoms with Crippen molar-refractivity contribution in [2.75, 3.05) is 0 Å². The maximum absolute atomic E-state index is 12.3. The molecule has 0 radical (unpaired) electrons. The summed E-state index contributed by atoms with van der Waals surface area (Å²) in [5, 5.41) is 11.0. The van der Waals surface area contributed by atoms with Gasteiger partial charge in [0.2, 0.25) is 12.3 Å². The third-order valence-corrected chi connectivity index (χ3v) is 3.26. The summed E-state index contributed by atoms with van der Waals surface area (Å²) in [6, 6.07) is 5.99. The minimum atomic E-state index is -2.78. The van der Waals surface area contributed by atoms with Crippen molar-refractivity contribution in [3.63, 3.8) is 0 Å². The molecule has 2 N–H and O–H groups in total. The smallest absolute Gasteiger partial charge is 0.326 e. The van der Waals surface area contributed by atoms with Gasteiger partial charge in [-0.25, -0.2) is 13.6 Å². The highest BCUT2D eigenvalue weighted by Gasteiger charge is 2.25. The van der Waals surface area contributed by atoms with E-state index >= 15 is 0 Å². The van der Waals surface area contributed by atoms with Crippen molar-refractivity contribution in [3.8, 4) is 0 Å². The number of hydrogen-bond acceptors (Lipinski definition) is 2. The topological polar surface area (TPSA) is 66.4 Å². The summed E-state index contributed by atoms with van der Waals surface area (Å²) in [5.41, 5.74) is 2.01. The van der Waals surface area contributed by atoms with Gasteiger partial charge in [-0.1, -0.05) is 31.2 Å². The van der Waals surface area contributed by atoms with Crippen LogP contribution in [0.15, 0.2) is 24.3 Å². The Kier molecular flexibility index (Phi) is 6.27. The lowest BCUT2D eigenvalue weighted by Crippen LogP contribution is -2.42. The maximum Gasteiger partial charge on any atom is 0.326 e. The minimum Gasteiger partial charge on any atom is -0.480 e. The highest BCUT2D eigenvalue weighted by atomic mass is 19.3. The van der Waals surface area contributed by atoms with E-state index in [-0.39, 0.29) is 12.3 Å². The van der Waals surface area contributed by atoms with Crippen LogP contribution in [-0.2, 0) is 9.59 Å². The summed E-state index contributed by atoms with van der Waals surface area (Å²) in [5.74, 6) is -2.11. The molecule has 0 saturated heterocycles. The van der Waals surface area contributed by atoms with Crippen LogP contribution < -0.4 is 5.32 Å². The number of halogens is 2. The van der Waals surface area contributed by atoms with E-state index < -0.39 is 30.8 Å². The number of rotatable bonds is 7. The van der Waals surface area contributed by atoms with Gasteiger partial charge in [-0.3, -0.25) is 4.79 Å². The van der Waals surface area contributed by atoms with Gasteiger partial charge in [0.25, 0.3) is 0 Å². The molecule has 0 spiro atoms. The Morgan fingerprint density at radius 3 is 2.43 bits per heavy atom. The Balaban J connectivity index is 2.64. The van der Waals surface area contributed by atoms with Gasteiger partial charge in [-0.15, -0.1) is 0 Å². The van der Waals surface area contributed by atoms with Crippen LogP contribution in [0.3, 0.4) is 0 Å². The zero-order valence-corrected chi connectivity index (χ0v) is 12.0. The number of carbonyl (C=O) groups excluding carboxylic acids is 1. The Morgan fingerprint density at radius 2 is 1.90 bits per heavy atom. The summed E-state index contributed by atoms with van der Waals surface area (Å²) < 4.78 is 24.5. The molecular formula is C15H19F2NO3. The monoisotopic (exact) mass is 299 g/mol. The van der Waals surface area contributed by atoms with E-state index in [0.717, 1.165) is 11.1 Å². The summed E-state index contributed by atoms with van der Waals surface area (Å²) in [6.07, 6.45) is -3.61. The average molecular weight is 299 g/mol. The van der Waals surface area contributed by atoms with E-state index in [9.17, 15) is 18.4 Å². The molecule has 0 aliphatic carbocycles. The molecule has 0 fully saturated rings. The van der Waals surface area contributed by atoms with Gasteiger partial charge >= 0.3 is 5.97 Å². The molecule has 0 saturated carbocycles. The zero-order valence-electron chi connectivity index (χ0n) is 12.0. The van der Waals surface area contributed by atoms with Gasteiger partial charge in [-0.05, 0) is 24.0 Å². The first-order valence-corrected chi connectivity index (χ1v) is 6.67. The first kappa shape index (κ1) is 17.1. The van der Waals surface area contributed by atoms with E-state index in [1.165, 1.54) is 0 Å². The van der Waals surface area contributed by atoms with Crippen molar-refractivity contribution in [1.29, 1.82) is 0 Å². The fourth-order valence-corrected chi connectivity index (χ4v) is 2.18. The molecule has 6 heteroatoms. The van der Waals surface area contributed by atoms with Crippen LogP contribution in [0, 0.1) is 6.92 Å². The Hall–Kier alpha value is -1.98. The fraction of sp³-hybridized carbons (Fsp3) is 0.467. The highest BCUT2D eigenvalue weighted by molar-refractivity contribution is 5.84. The number of nitrogens with one attached hydrogen (secondary N) is 1. The number of carbonyl (C=O) groups is 2. The van der Waals surface area contributed by atoms with Gasteiger partial charge in [0.15, 0.2) is 0 Å². The van der Waals surface area contributed by atoms with E-state index in [1.807, 2.05) is 38.1 Å². The number of hydrogen-bond donors (Lipinski definition) is 2. The number of aryl methyl sites for hydroxylation is 1. The molecule has 0 bridgehead atoms. The third kappa shape index (κ3) is 5.49. The largest absolute Gasteiger partial charge is 0.480 e. The second-order valence-corrected chi connectivity index (χ2v) is 5.05. The first-order valence-electron chi connectivity index (χ1n) is 6.67. The quantitative estimate of drug-likeness (QED) is 0.813. The molecule has 2 atom stereocenters. The summed E-state index contributed by atoms with van der Waals surface area (Å²) in [4.78, 5) is 22.6. The molecule has 116 valence electrons. The van der Waals surface area contributed by atoms with Crippen molar-refractivity contribution < 1.29 is 23.5 Å². The standard InChI is InChI=1S/C15H19F2NO3/c1-9-5-3-4-6-11(9)10(2)7-14(19)18-12(15(20)21)8-13(16)17/h3-6,10,12-13H,7-8H2,1-2H3,(H,18,19)(H,20,21). The van der Waals surface area contributed by atoms with Crippen LogP contribution >= 0.6 is 0 Å². The van der Waals surface area contributed by atoms with Gasteiger partial charge in [-0.2, -0.15) is 0 Å². The first-order chi connectivity index (χ1) is 9.81. The second-order valence-electron chi connectivity index (χ2n) is 5.05. The van der Waals surface area contributed by atoms with E-state index in [4.69, 9.17) is 5.11 Å². The molecule has 2 unspecified atom stereocenters.